The first-order valence-electron chi connectivity index (χ1n) is 6.96. The van der Waals surface area contributed by atoms with Crippen LogP contribution in [-0.4, -0.2) is 23.3 Å². The van der Waals surface area contributed by atoms with Crippen molar-refractivity contribution in [3.63, 3.8) is 0 Å². The fraction of sp³-hybridized carbons (Fsp3) is 0.667. The molecule has 1 fully saturated rings. The fourth-order valence-corrected chi connectivity index (χ4v) is 2.12. The third-order valence-electron chi connectivity index (χ3n) is 4.27. The molecule has 104 valence electrons. The Kier molecular flexibility index (Phi) is 3.52. The van der Waals surface area contributed by atoms with E-state index in [1.807, 2.05) is 6.20 Å². The Labute approximate surface area is 116 Å². The van der Waals surface area contributed by atoms with Crippen molar-refractivity contribution < 1.29 is 9.31 Å². The van der Waals surface area contributed by atoms with Crippen molar-refractivity contribution in [3.05, 3.63) is 23.5 Å². The molecule has 4 heteroatoms. The molecule has 3 nitrogen and oxygen atoms in total. The molecule has 0 amide bonds. The molecule has 0 spiro atoms. The predicted molar refractivity (Wildman–Crippen MR) is 78.8 cm³/mol. The molecule has 0 radical (unpaired) electrons. The molecule has 0 unspecified atom stereocenters. The first-order chi connectivity index (χ1) is 8.64. The van der Waals surface area contributed by atoms with Crippen LogP contribution in [0.2, 0.25) is 0 Å². The molecule has 1 saturated heterocycles. The van der Waals surface area contributed by atoms with Gasteiger partial charge in [0.25, 0.3) is 0 Å². The molecule has 0 N–H and O–H groups in total. The zero-order valence-electron chi connectivity index (χ0n) is 13.1. The lowest BCUT2D eigenvalue weighted by molar-refractivity contribution is 0.00578. The van der Waals surface area contributed by atoms with Gasteiger partial charge in [-0.3, -0.25) is 4.98 Å². The summed E-state index contributed by atoms with van der Waals surface area (Å²) in [4.78, 5) is 4.52. The highest BCUT2D eigenvalue weighted by molar-refractivity contribution is 6.62. The highest BCUT2D eigenvalue weighted by Crippen LogP contribution is 2.36. The maximum Gasteiger partial charge on any atom is 0.496 e. The van der Waals surface area contributed by atoms with E-state index in [-0.39, 0.29) is 18.3 Å². The van der Waals surface area contributed by atoms with E-state index in [9.17, 15) is 0 Å². The van der Waals surface area contributed by atoms with Gasteiger partial charge in [-0.1, -0.05) is 13.8 Å². The van der Waals surface area contributed by atoms with Gasteiger partial charge in [-0.25, -0.2) is 0 Å². The normalized spacial score (nSPS) is 21.2. The summed E-state index contributed by atoms with van der Waals surface area (Å²) in [6.07, 6.45) is 1.90. The van der Waals surface area contributed by atoms with Crippen molar-refractivity contribution in [2.45, 2.75) is 65.6 Å². The van der Waals surface area contributed by atoms with Crippen LogP contribution in [0, 0.1) is 6.92 Å². The zero-order chi connectivity index (χ0) is 14.4. The largest absolute Gasteiger partial charge is 0.496 e. The molecule has 2 rings (SSSR count). The van der Waals surface area contributed by atoms with Gasteiger partial charge in [-0.15, -0.1) is 0 Å². The van der Waals surface area contributed by atoms with Crippen molar-refractivity contribution in [1.82, 2.24) is 4.98 Å². The lowest BCUT2D eigenvalue weighted by atomic mass is 9.77. The third kappa shape index (κ3) is 2.56. The highest BCUT2D eigenvalue weighted by Gasteiger charge is 2.52. The van der Waals surface area contributed by atoms with Crippen LogP contribution in [0.5, 0.6) is 0 Å². The van der Waals surface area contributed by atoms with Gasteiger partial charge in [0.05, 0.1) is 11.2 Å². The maximum atomic E-state index is 6.07. The Bertz CT molecular complexity index is 467. The first-order valence-corrected chi connectivity index (χ1v) is 6.96. The summed E-state index contributed by atoms with van der Waals surface area (Å²) in [5, 5.41) is 0. The van der Waals surface area contributed by atoms with E-state index in [1.165, 1.54) is 5.56 Å². The molecule has 1 aromatic rings. The average Bonchev–Trinajstić information content (AvgIpc) is 2.47. The SMILES string of the molecule is Cc1cc(C(C)C)ncc1B1OC(C)(C)C(C)(C)O1. The minimum absolute atomic E-state index is 0.305. The Morgan fingerprint density at radius 1 is 1.11 bits per heavy atom. The monoisotopic (exact) mass is 261 g/mol. The summed E-state index contributed by atoms with van der Waals surface area (Å²) in [5.41, 5.74) is 2.71. The summed E-state index contributed by atoms with van der Waals surface area (Å²) < 4.78 is 12.1. The number of nitrogens with zero attached hydrogens (tertiary/aromatic N) is 1. The van der Waals surface area contributed by atoms with Crippen LogP contribution < -0.4 is 5.46 Å². The van der Waals surface area contributed by atoms with E-state index in [1.54, 1.807) is 0 Å². The number of aromatic nitrogens is 1. The van der Waals surface area contributed by atoms with Crippen LogP contribution in [-0.2, 0) is 9.31 Å². The Balaban J connectivity index is 2.30. The molecule has 1 aliphatic rings. The second-order valence-corrected chi connectivity index (χ2v) is 6.71. The van der Waals surface area contributed by atoms with Crippen LogP contribution in [0.15, 0.2) is 12.3 Å². The van der Waals surface area contributed by atoms with E-state index in [0.29, 0.717) is 5.92 Å². The minimum atomic E-state index is -0.321. The lowest BCUT2D eigenvalue weighted by Gasteiger charge is -2.32. The van der Waals surface area contributed by atoms with Crippen LogP contribution in [0.1, 0.15) is 58.7 Å². The molecule has 2 heterocycles. The van der Waals surface area contributed by atoms with Gasteiger partial charge in [0.15, 0.2) is 0 Å². The Hall–Kier alpha value is -0.865. The number of hydrogen-bond acceptors (Lipinski definition) is 3. The highest BCUT2D eigenvalue weighted by atomic mass is 16.7. The van der Waals surface area contributed by atoms with Crippen molar-refractivity contribution in [1.29, 1.82) is 0 Å². The van der Waals surface area contributed by atoms with E-state index in [4.69, 9.17) is 9.31 Å². The summed E-state index contributed by atoms with van der Waals surface area (Å²) in [6.45, 7) is 14.7. The minimum Gasteiger partial charge on any atom is -0.399 e. The van der Waals surface area contributed by atoms with E-state index >= 15 is 0 Å². The van der Waals surface area contributed by atoms with Gasteiger partial charge in [0.2, 0.25) is 0 Å². The van der Waals surface area contributed by atoms with Crippen molar-refractivity contribution in [2.24, 2.45) is 0 Å². The molecular weight excluding hydrogens is 237 g/mol. The van der Waals surface area contributed by atoms with Gasteiger partial charge in [0.1, 0.15) is 0 Å². The molecule has 0 bridgehead atoms. The molecule has 0 aliphatic carbocycles. The standard InChI is InChI=1S/C15H24BNO2/c1-10(2)13-8-11(3)12(9-17-13)16-18-14(4,5)15(6,7)19-16/h8-10H,1-7H3. The fourth-order valence-electron chi connectivity index (χ4n) is 2.12. The van der Waals surface area contributed by atoms with Crippen LogP contribution in [0.4, 0.5) is 0 Å². The Morgan fingerprint density at radius 2 is 1.63 bits per heavy atom. The molecular formula is C15H24BNO2. The van der Waals surface area contributed by atoms with Gasteiger partial charge >= 0.3 is 7.12 Å². The van der Waals surface area contributed by atoms with Gasteiger partial charge < -0.3 is 9.31 Å². The summed E-state index contributed by atoms with van der Waals surface area (Å²) in [7, 11) is -0.321. The summed E-state index contributed by atoms with van der Waals surface area (Å²) in [6, 6.07) is 2.13. The van der Waals surface area contributed by atoms with Gasteiger partial charge in [-0.2, -0.15) is 0 Å². The molecule has 0 atom stereocenters. The van der Waals surface area contributed by atoms with Crippen molar-refractivity contribution in [3.8, 4) is 0 Å². The molecule has 1 aromatic heterocycles. The number of pyridine rings is 1. The van der Waals surface area contributed by atoms with Gasteiger partial charge in [-0.05, 0) is 52.2 Å². The smallest absolute Gasteiger partial charge is 0.399 e. The molecule has 19 heavy (non-hydrogen) atoms. The summed E-state index contributed by atoms with van der Waals surface area (Å²) >= 11 is 0. The first kappa shape index (κ1) is 14.5. The lowest BCUT2D eigenvalue weighted by Crippen LogP contribution is -2.41. The third-order valence-corrected chi connectivity index (χ3v) is 4.27. The van der Waals surface area contributed by atoms with E-state index in [2.05, 4.69) is 59.5 Å². The molecule has 0 aromatic carbocycles. The second-order valence-electron chi connectivity index (χ2n) is 6.71. The van der Waals surface area contributed by atoms with Crippen LogP contribution >= 0.6 is 0 Å². The molecule has 0 saturated carbocycles. The quantitative estimate of drug-likeness (QED) is 0.767. The zero-order valence-corrected chi connectivity index (χ0v) is 13.1. The number of aryl methyl sites for hydroxylation is 1. The predicted octanol–water partition coefficient (Wildman–Crippen LogP) is 2.81. The topological polar surface area (TPSA) is 31.4 Å². The number of hydrogen-bond donors (Lipinski definition) is 0. The second kappa shape index (κ2) is 4.60. The Morgan fingerprint density at radius 3 is 2.05 bits per heavy atom. The maximum absolute atomic E-state index is 6.07. The van der Waals surface area contributed by atoms with E-state index < -0.39 is 0 Å². The van der Waals surface area contributed by atoms with Crippen molar-refractivity contribution >= 4 is 12.6 Å². The van der Waals surface area contributed by atoms with Crippen LogP contribution in [0.25, 0.3) is 0 Å². The average molecular weight is 261 g/mol. The van der Waals surface area contributed by atoms with Crippen molar-refractivity contribution in [2.75, 3.05) is 0 Å². The van der Waals surface area contributed by atoms with Gasteiger partial charge in [0, 0.05) is 17.4 Å². The number of rotatable bonds is 2. The summed E-state index contributed by atoms with van der Waals surface area (Å²) in [5.74, 6) is 0.436. The van der Waals surface area contributed by atoms with Crippen LogP contribution in [0.3, 0.4) is 0 Å². The molecule has 1 aliphatic heterocycles. The van der Waals surface area contributed by atoms with E-state index in [0.717, 1.165) is 11.2 Å².